The molecule has 0 saturated heterocycles. The van der Waals surface area contributed by atoms with Crippen molar-refractivity contribution < 1.29 is 21.9 Å². The lowest BCUT2D eigenvalue weighted by molar-refractivity contribution is 0.142. The zero-order chi connectivity index (χ0) is 11.6. The highest BCUT2D eigenvalue weighted by Gasteiger charge is 2.24. The van der Waals surface area contributed by atoms with Gasteiger partial charge in [-0.25, -0.2) is 22.2 Å². The Labute approximate surface area is 89.3 Å². The maximum Gasteiger partial charge on any atom is 0.281 e. The number of nitrogens with zero attached hydrogens (tertiary/aromatic N) is 1. The molecule has 0 radical (unpaired) electrons. The van der Waals surface area contributed by atoms with Crippen molar-refractivity contribution in [3.05, 3.63) is 18.0 Å². The molecule has 0 aromatic carbocycles. The van der Waals surface area contributed by atoms with E-state index in [0.29, 0.717) is 0 Å². The van der Waals surface area contributed by atoms with Crippen molar-refractivity contribution in [3.8, 4) is 5.75 Å². The molecule has 0 amide bonds. The van der Waals surface area contributed by atoms with Crippen molar-refractivity contribution in [2.45, 2.75) is 11.3 Å². The molecule has 4 nitrogen and oxygen atoms in total. The number of ether oxygens (including phenoxy) is 1. The molecule has 0 saturated carbocycles. The molecule has 84 valence electrons. The summed E-state index contributed by atoms with van der Waals surface area (Å²) in [6.07, 6.45) is -2.02. The summed E-state index contributed by atoms with van der Waals surface area (Å²) < 4.78 is 51.3. The normalized spacial score (nSPS) is 11.8. The minimum atomic E-state index is -4.26. The summed E-state index contributed by atoms with van der Waals surface area (Å²) in [5.41, 5.74) is -0.884. The largest absolute Gasteiger partial charge is 0.495 e. The molecule has 0 aliphatic carbocycles. The zero-order valence-electron chi connectivity index (χ0n) is 7.45. The summed E-state index contributed by atoms with van der Waals surface area (Å²) in [7, 11) is 1.97. The van der Waals surface area contributed by atoms with Crippen molar-refractivity contribution in [2.24, 2.45) is 0 Å². The Hall–Kier alpha value is -0.950. The van der Waals surface area contributed by atoms with Crippen molar-refractivity contribution in [1.82, 2.24) is 4.98 Å². The second kappa shape index (κ2) is 4.28. The Morgan fingerprint density at radius 3 is 2.53 bits per heavy atom. The van der Waals surface area contributed by atoms with Crippen LogP contribution in [-0.4, -0.2) is 20.5 Å². The van der Waals surface area contributed by atoms with E-state index >= 15 is 0 Å². The van der Waals surface area contributed by atoms with Gasteiger partial charge in [0.2, 0.25) is 0 Å². The SMILES string of the molecule is COc1cnc(C(F)F)c(S(=O)(=O)Cl)c1. The molecule has 1 aromatic rings. The Balaban J connectivity index is 3.43. The molecule has 0 bridgehead atoms. The van der Waals surface area contributed by atoms with Crippen LogP contribution in [0.4, 0.5) is 8.78 Å². The number of alkyl halides is 2. The second-order valence-corrected chi connectivity index (χ2v) is 5.03. The number of aromatic nitrogens is 1. The van der Waals surface area contributed by atoms with E-state index in [2.05, 4.69) is 9.72 Å². The van der Waals surface area contributed by atoms with Gasteiger partial charge in [0.1, 0.15) is 16.3 Å². The monoisotopic (exact) mass is 257 g/mol. The number of methoxy groups -OCH3 is 1. The van der Waals surface area contributed by atoms with Gasteiger partial charge in [0.05, 0.1) is 13.3 Å². The molecule has 1 rings (SSSR count). The third kappa shape index (κ3) is 2.75. The van der Waals surface area contributed by atoms with Crippen molar-refractivity contribution in [3.63, 3.8) is 0 Å². The van der Waals surface area contributed by atoms with E-state index in [1.807, 2.05) is 0 Å². The van der Waals surface area contributed by atoms with E-state index in [1.165, 1.54) is 7.11 Å². The van der Waals surface area contributed by atoms with Crippen LogP contribution in [0.5, 0.6) is 5.75 Å². The van der Waals surface area contributed by atoms with E-state index in [4.69, 9.17) is 10.7 Å². The van der Waals surface area contributed by atoms with Gasteiger partial charge in [0.15, 0.2) is 0 Å². The first-order chi connectivity index (χ1) is 6.86. The molecule has 0 fully saturated rings. The Kier molecular flexibility index (Phi) is 3.46. The van der Waals surface area contributed by atoms with E-state index in [-0.39, 0.29) is 5.75 Å². The van der Waals surface area contributed by atoms with Crippen LogP contribution in [0.3, 0.4) is 0 Å². The average molecular weight is 258 g/mol. The highest BCUT2D eigenvalue weighted by Crippen LogP contribution is 2.29. The molecular formula is C7H6ClF2NO3S. The number of pyridine rings is 1. The Bertz CT molecular complexity index is 463. The molecule has 8 heteroatoms. The van der Waals surface area contributed by atoms with Gasteiger partial charge in [-0.2, -0.15) is 0 Å². The van der Waals surface area contributed by atoms with Crippen molar-refractivity contribution in [1.29, 1.82) is 0 Å². The van der Waals surface area contributed by atoms with Crippen LogP contribution >= 0.6 is 10.7 Å². The predicted octanol–water partition coefficient (Wildman–Crippen LogP) is 1.96. The molecule has 0 spiro atoms. The smallest absolute Gasteiger partial charge is 0.281 e. The van der Waals surface area contributed by atoms with Gasteiger partial charge in [0, 0.05) is 16.7 Å². The van der Waals surface area contributed by atoms with Crippen LogP contribution in [0.25, 0.3) is 0 Å². The predicted molar refractivity (Wildman–Crippen MR) is 48.8 cm³/mol. The first-order valence-corrected chi connectivity index (χ1v) is 5.94. The van der Waals surface area contributed by atoms with Crippen molar-refractivity contribution >= 4 is 19.7 Å². The fraction of sp³-hybridized carbons (Fsp3) is 0.286. The summed E-state index contributed by atoms with van der Waals surface area (Å²) in [6.45, 7) is 0. The van der Waals surface area contributed by atoms with Crippen LogP contribution in [0.2, 0.25) is 0 Å². The minimum Gasteiger partial charge on any atom is -0.495 e. The third-order valence-corrected chi connectivity index (χ3v) is 2.91. The fourth-order valence-electron chi connectivity index (χ4n) is 0.908. The molecule has 1 heterocycles. The quantitative estimate of drug-likeness (QED) is 0.777. The summed E-state index contributed by atoms with van der Waals surface area (Å²) in [5, 5.41) is 0. The number of hydrogen-bond donors (Lipinski definition) is 0. The minimum absolute atomic E-state index is 0.0404. The fourth-order valence-corrected chi connectivity index (χ4v) is 1.93. The highest BCUT2D eigenvalue weighted by molar-refractivity contribution is 8.13. The van der Waals surface area contributed by atoms with Crippen LogP contribution in [0, 0.1) is 0 Å². The summed E-state index contributed by atoms with van der Waals surface area (Å²) >= 11 is 0. The van der Waals surface area contributed by atoms with E-state index < -0.39 is 26.1 Å². The van der Waals surface area contributed by atoms with Gasteiger partial charge >= 0.3 is 0 Å². The molecule has 0 aliphatic heterocycles. The van der Waals surface area contributed by atoms with Gasteiger partial charge < -0.3 is 4.74 Å². The van der Waals surface area contributed by atoms with Gasteiger partial charge in [-0.05, 0) is 0 Å². The molecule has 0 N–H and O–H groups in total. The Morgan fingerprint density at radius 2 is 2.13 bits per heavy atom. The lowest BCUT2D eigenvalue weighted by Gasteiger charge is -2.06. The van der Waals surface area contributed by atoms with Crippen LogP contribution in [0.15, 0.2) is 17.2 Å². The van der Waals surface area contributed by atoms with Crippen molar-refractivity contribution in [2.75, 3.05) is 7.11 Å². The lowest BCUT2D eigenvalue weighted by atomic mass is 10.3. The number of hydrogen-bond acceptors (Lipinski definition) is 4. The first kappa shape index (κ1) is 12.1. The summed E-state index contributed by atoms with van der Waals surface area (Å²) in [6, 6.07) is 0.900. The maximum atomic E-state index is 12.4. The molecule has 0 aliphatic rings. The summed E-state index contributed by atoms with van der Waals surface area (Å²) in [4.78, 5) is 2.54. The first-order valence-electron chi connectivity index (χ1n) is 3.63. The van der Waals surface area contributed by atoms with E-state index in [9.17, 15) is 17.2 Å². The highest BCUT2D eigenvalue weighted by atomic mass is 35.7. The second-order valence-electron chi connectivity index (χ2n) is 2.50. The lowest BCUT2D eigenvalue weighted by Crippen LogP contribution is -2.02. The molecule has 0 unspecified atom stereocenters. The standard InChI is InChI=1S/C7H6ClF2NO3S/c1-14-4-2-5(15(8,12)13)6(7(9)10)11-3-4/h2-3,7H,1H3. The topological polar surface area (TPSA) is 56.3 Å². The van der Waals surface area contributed by atoms with Crippen LogP contribution in [0.1, 0.15) is 12.1 Å². The van der Waals surface area contributed by atoms with Gasteiger partial charge in [-0.3, -0.25) is 0 Å². The third-order valence-electron chi connectivity index (χ3n) is 1.56. The maximum absolute atomic E-state index is 12.4. The van der Waals surface area contributed by atoms with E-state index in [1.54, 1.807) is 0 Å². The van der Waals surface area contributed by atoms with Gasteiger partial charge in [-0.1, -0.05) is 0 Å². The van der Waals surface area contributed by atoms with Gasteiger partial charge in [0.25, 0.3) is 15.5 Å². The van der Waals surface area contributed by atoms with Gasteiger partial charge in [-0.15, -0.1) is 0 Å². The number of rotatable bonds is 3. The molecule has 0 atom stereocenters. The molecule has 1 aromatic heterocycles. The number of halogens is 3. The van der Waals surface area contributed by atoms with Crippen LogP contribution in [-0.2, 0) is 9.05 Å². The summed E-state index contributed by atoms with van der Waals surface area (Å²) in [5.74, 6) is 0.0404. The zero-order valence-corrected chi connectivity index (χ0v) is 9.02. The molecule has 15 heavy (non-hydrogen) atoms. The van der Waals surface area contributed by atoms with Crippen LogP contribution < -0.4 is 4.74 Å². The Morgan fingerprint density at radius 1 is 1.53 bits per heavy atom. The average Bonchev–Trinajstić information content (AvgIpc) is 2.15. The molecular weight excluding hydrogens is 252 g/mol. The van der Waals surface area contributed by atoms with E-state index in [0.717, 1.165) is 12.3 Å².